The fourth-order valence-electron chi connectivity index (χ4n) is 2.14. The lowest BCUT2D eigenvalue weighted by Gasteiger charge is -2.18. The lowest BCUT2D eigenvalue weighted by Crippen LogP contribution is -2.11. The van der Waals surface area contributed by atoms with Crippen LogP contribution in [0.15, 0.2) is 17.1 Å². The second-order valence-corrected chi connectivity index (χ2v) is 5.23. The van der Waals surface area contributed by atoms with Gasteiger partial charge in [0, 0.05) is 12.3 Å². The van der Waals surface area contributed by atoms with Crippen molar-refractivity contribution in [2.45, 2.75) is 40.0 Å². The summed E-state index contributed by atoms with van der Waals surface area (Å²) in [5, 5.41) is 0.716. The van der Waals surface area contributed by atoms with Crippen LogP contribution >= 0.6 is 0 Å². The fourth-order valence-corrected chi connectivity index (χ4v) is 2.14. The Morgan fingerprint density at radius 2 is 1.57 bits per heavy atom. The summed E-state index contributed by atoms with van der Waals surface area (Å²) >= 11 is 0. The van der Waals surface area contributed by atoms with Crippen molar-refractivity contribution in [1.82, 2.24) is 9.97 Å². The molecule has 0 spiro atoms. The van der Waals surface area contributed by atoms with Crippen LogP contribution in [0.5, 0.6) is 17.2 Å². The topological polar surface area (TPSA) is 73.4 Å². The van der Waals surface area contributed by atoms with Gasteiger partial charge in [-0.3, -0.25) is 0 Å². The Labute approximate surface area is 135 Å². The van der Waals surface area contributed by atoms with Gasteiger partial charge in [-0.15, -0.1) is 0 Å². The molecule has 0 radical (unpaired) electrons. The minimum absolute atomic E-state index is 0.400. The highest BCUT2D eigenvalue weighted by atomic mass is 16.5. The largest absolute Gasteiger partial charge is 0.489 e. The first-order valence-corrected chi connectivity index (χ1v) is 8.15. The van der Waals surface area contributed by atoms with Crippen molar-refractivity contribution in [2.24, 2.45) is 0 Å². The molecule has 0 saturated carbocycles. The number of nitrogens with zero attached hydrogens (tertiary/aromatic N) is 1. The van der Waals surface area contributed by atoms with Crippen LogP contribution in [0.3, 0.4) is 0 Å². The molecule has 0 aliphatic carbocycles. The summed E-state index contributed by atoms with van der Waals surface area (Å²) in [6.07, 6.45) is 4.14. The van der Waals surface area contributed by atoms with Gasteiger partial charge >= 0.3 is 5.69 Å². The first-order valence-electron chi connectivity index (χ1n) is 8.15. The molecule has 0 saturated heterocycles. The zero-order valence-corrected chi connectivity index (χ0v) is 14.0. The first-order chi connectivity index (χ1) is 11.2. The molecular formula is C17H24N2O4. The predicted octanol–water partition coefficient (Wildman–Crippen LogP) is 3.29. The summed E-state index contributed by atoms with van der Waals surface area (Å²) < 4.78 is 17.6. The third kappa shape index (κ3) is 4.15. The van der Waals surface area contributed by atoms with Crippen molar-refractivity contribution in [3.63, 3.8) is 0 Å². The van der Waals surface area contributed by atoms with Gasteiger partial charge in [-0.2, -0.15) is 0 Å². The molecule has 1 N–H and O–H groups in total. The molecule has 0 atom stereocenters. The van der Waals surface area contributed by atoms with Crippen LogP contribution < -0.4 is 19.9 Å². The van der Waals surface area contributed by atoms with Crippen LogP contribution in [0.25, 0.3) is 10.9 Å². The number of nitrogens with one attached hydrogen (secondary N) is 1. The third-order valence-electron chi connectivity index (χ3n) is 3.16. The molecule has 23 heavy (non-hydrogen) atoms. The molecule has 0 unspecified atom stereocenters. The van der Waals surface area contributed by atoms with Crippen molar-refractivity contribution in [2.75, 3.05) is 19.8 Å². The number of hydrogen-bond donors (Lipinski definition) is 1. The number of fused-ring (bicyclic) bond motifs is 1. The minimum atomic E-state index is -0.400. The third-order valence-corrected chi connectivity index (χ3v) is 3.16. The van der Waals surface area contributed by atoms with Gasteiger partial charge < -0.3 is 19.2 Å². The Kier molecular flexibility index (Phi) is 6.26. The van der Waals surface area contributed by atoms with Gasteiger partial charge in [0.1, 0.15) is 0 Å². The lowest BCUT2D eigenvalue weighted by atomic mass is 10.2. The van der Waals surface area contributed by atoms with E-state index in [0.717, 1.165) is 19.3 Å². The zero-order valence-electron chi connectivity index (χ0n) is 14.0. The standard InChI is InChI=1S/C17H24N2O4/c1-4-7-21-14-10-13-12(11-18-17(20)19-13)15(22-8-5-2)16(14)23-9-6-3/h10-11H,4-9H2,1-3H3,(H,18,19,20). The van der Waals surface area contributed by atoms with Crippen LogP contribution in [0.2, 0.25) is 0 Å². The van der Waals surface area contributed by atoms with E-state index in [4.69, 9.17) is 14.2 Å². The molecular weight excluding hydrogens is 296 g/mol. The van der Waals surface area contributed by atoms with E-state index in [9.17, 15) is 4.79 Å². The lowest BCUT2D eigenvalue weighted by molar-refractivity contribution is 0.245. The number of H-pyrrole nitrogens is 1. The number of rotatable bonds is 9. The Morgan fingerprint density at radius 1 is 0.957 bits per heavy atom. The van der Waals surface area contributed by atoms with E-state index in [1.807, 2.05) is 20.8 Å². The van der Waals surface area contributed by atoms with Gasteiger partial charge in [0.15, 0.2) is 11.5 Å². The average Bonchev–Trinajstić information content (AvgIpc) is 2.55. The molecule has 2 rings (SSSR count). The van der Waals surface area contributed by atoms with E-state index >= 15 is 0 Å². The highest BCUT2D eigenvalue weighted by Crippen LogP contribution is 2.43. The normalized spacial score (nSPS) is 10.7. The Hall–Kier alpha value is -2.24. The van der Waals surface area contributed by atoms with Crippen LogP contribution in [0, 0.1) is 0 Å². The molecule has 0 fully saturated rings. The summed E-state index contributed by atoms with van der Waals surface area (Å²) in [4.78, 5) is 18.0. The Bertz CT molecular complexity index is 697. The Morgan fingerprint density at radius 3 is 2.22 bits per heavy atom. The number of benzene rings is 1. The average molecular weight is 320 g/mol. The van der Waals surface area contributed by atoms with E-state index in [0.29, 0.717) is 48.0 Å². The molecule has 0 amide bonds. The van der Waals surface area contributed by atoms with E-state index in [-0.39, 0.29) is 0 Å². The molecule has 0 aliphatic heterocycles. The molecule has 0 aliphatic rings. The second-order valence-electron chi connectivity index (χ2n) is 5.23. The molecule has 1 heterocycles. The summed E-state index contributed by atoms with van der Waals surface area (Å²) in [6.45, 7) is 7.79. The molecule has 126 valence electrons. The number of aromatic nitrogens is 2. The maximum Gasteiger partial charge on any atom is 0.345 e. The van der Waals surface area contributed by atoms with Crippen molar-refractivity contribution < 1.29 is 14.2 Å². The van der Waals surface area contributed by atoms with Gasteiger partial charge in [-0.05, 0) is 19.3 Å². The maximum absolute atomic E-state index is 11.5. The minimum Gasteiger partial charge on any atom is -0.489 e. The summed E-state index contributed by atoms with van der Waals surface area (Å²) in [7, 11) is 0. The number of hydrogen-bond acceptors (Lipinski definition) is 5. The second kappa shape index (κ2) is 8.41. The fraction of sp³-hybridized carbons (Fsp3) is 0.529. The molecule has 6 heteroatoms. The summed E-state index contributed by atoms with van der Waals surface area (Å²) in [6, 6.07) is 1.78. The van der Waals surface area contributed by atoms with Crippen LogP contribution in [0.4, 0.5) is 0 Å². The molecule has 1 aromatic carbocycles. The number of ether oxygens (including phenoxy) is 3. The van der Waals surface area contributed by atoms with E-state index in [2.05, 4.69) is 9.97 Å². The molecule has 0 bridgehead atoms. The van der Waals surface area contributed by atoms with Crippen molar-refractivity contribution >= 4 is 10.9 Å². The van der Waals surface area contributed by atoms with E-state index in [1.165, 1.54) is 6.20 Å². The number of aromatic amines is 1. The summed E-state index contributed by atoms with van der Waals surface area (Å²) in [5.41, 5.74) is 0.230. The van der Waals surface area contributed by atoms with Gasteiger partial charge in [0.25, 0.3) is 0 Å². The highest BCUT2D eigenvalue weighted by Gasteiger charge is 2.18. The monoisotopic (exact) mass is 320 g/mol. The van der Waals surface area contributed by atoms with Gasteiger partial charge in [-0.1, -0.05) is 20.8 Å². The van der Waals surface area contributed by atoms with Crippen LogP contribution in [0.1, 0.15) is 40.0 Å². The quantitative estimate of drug-likeness (QED) is 0.767. The Balaban J connectivity index is 2.60. The van der Waals surface area contributed by atoms with E-state index < -0.39 is 5.69 Å². The predicted molar refractivity (Wildman–Crippen MR) is 89.7 cm³/mol. The van der Waals surface area contributed by atoms with Crippen molar-refractivity contribution in [3.8, 4) is 17.2 Å². The first kappa shape index (κ1) is 17.1. The zero-order chi connectivity index (χ0) is 16.7. The van der Waals surface area contributed by atoms with Gasteiger partial charge in [0.05, 0.1) is 30.7 Å². The smallest absolute Gasteiger partial charge is 0.345 e. The highest BCUT2D eigenvalue weighted by molar-refractivity contribution is 5.89. The van der Waals surface area contributed by atoms with Gasteiger partial charge in [-0.25, -0.2) is 9.78 Å². The SMILES string of the molecule is CCCOc1cc2[nH]c(=O)ncc2c(OCCC)c1OCCC. The maximum atomic E-state index is 11.5. The van der Waals surface area contributed by atoms with Gasteiger partial charge in [0.2, 0.25) is 5.75 Å². The molecule has 6 nitrogen and oxygen atoms in total. The molecule has 2 aromatic rings. The van der Waals surface area contributed by atoms with Crippen LogP contribution in [-0.4, -0.2) is 29.8 Å². The van der Waals surface area contributed by atoms with E-state index in [1.54, 1.807) is 6.07 Å². The van der Waals surface area contributed by atoms with Crippen molar-refractivity contribution in [1.29, 1.82) is 0 Å². The summed E-state index contributed by atoms with van der Waals surface area (Å²) in [5.74, 6) is 1.74. The van der Waals surface area contributed by atoms with Crippen molar-refractivity contribution in [3.05, 3.63) is 22.7 Å². The molecule has 1 aromatic heterocycles. The van der Waals surface area contributed by atoms with Crippen LogP contribution in [-0.2, 0) is 0 Å².